The van der Waals surface area contributed by atoms with Crippen molar-refractivity contribution >= 4 is 15.9 Å². The predicted molar refractivity (Wildman–Crippen MR) is 85.6 cm³/mol. The SMILES string of the molecule is COCc1cc(Oc2ccc(F)c(Br)c2)nc(C(C)(C)C)n1. The topological polar surface area (TPSA) is 44.2 Å². The fourth-order valence-corrected chi connectivity index (χ4v) is 2.10. The number of rotatable bonds is 4. The number of halogens is 2. The molecule has 4 nitrogen and oxygen atoms in total. The highest BCUT2D eigenvalue weighted by atomic mass is 79.9. The summed E-state index contributed by atoms with van der Waals surface area (Å²) < 4.78 is 24.5. The van der Waals surface area contributed by atoms with Crippen molar-refractivity contribution in [3.8, 4) is 11.6 Å². The van der Waals surface area contributed by atoms with Crippen LogP contribution in [0, 0.1) is 5.82 Å². The van der Waals surface area contributed by atoms with Gasteiger partial charge in [-0.3, -0.25) is 0 Å². The van der Waals surface area contributed by atoms with Crippen LogP contribution in [0.25, 0.3) is 0 Å². The summed E-state index contributed by atoms with van der Waals surface area (Å²) in [6, 6.07) is 6.16. The minimum Gasteiger partial charge on any atom is -0.439 e. The molecular formula is C16H18BrFN2O2. The molecule has 0 spiro atoms. The highest BCUT2D eigenvalue weighted by molar-refractivity contribution is 9.10. The van der Waals surface area contributed by atoms with E-state index in [0.717, 1.165) is 5.69 Å². The largest absolute Gasteiger partial charge is 0.439 e. The first-order valence-electron chi connectivity index (χ1n) is 6.80. The molecule has 0 bridgehead atoms. The number of benzene rings is 1. The molecule has 2 aromatic rings. The van der Waals surface area contributed by atoms with Crippen LogP contribution in [-0.4, -0.2) is 17.1 Å². The molecule has 0 unspecified atom stereocenters. The maximum atomic E-state index is 13.3. The van der Waals surface area contributed by atoms with Gasteiger partial charge < -0.3 is 9.47 Å². The van der Waals surface area contributed by atoms with Gasteiger partial charge in [0, 0.05) is 18.6 Å². The molecule has 1 heterocycles. The van der Waals surface area contributed by atoms with Crippen LogP contribution in [0.5, 0.6) is 11.6 Å². The van der Waals surface area contributed by atoms with Crippen LogP contribution in [0.15, 0.2) is 28.7 Å². The third-order valence-corrected chi connectivity index (χ3v) is 3.44. The summed E-state index contributed by atoms with van der Waals surface area (Å²) in [6.45, 7) is 6.45. The zero-order valence-electron chi connectivity index (χ0n) is 13.0. The monoisotopic (exact) mass is 368 g/mol. The van der Waals surface area contributed by atoms with Crippen LogP contribution in [0.1, 0.15) is 32.3 Å². The lowest BCUT2D eigenvalue weighted by Gasteiger charge is -2.18. The Kier molecular flexibility index (Phi) is 5.13. The molecule has 0 aliphatic heterocycles. The van der Waals surface area contributed by atoms with E-state index in [1.807, 2.05) is 20.8 Å². The lowest BCUT2D eigenvalue weighted by Crippen LogP contribution is -2.17. The Morgan fingerprint density at radius 3 is 2.50 bits per heavy atom. The lowest BCUT2D eigenvalue weighted by molar-refractivity contribution is 0.180. The predicted octanol–water partition coefficient (Wildman–Crippen LogP) is 4.61. The second-order valence-corrected chi connectivity index (χ2v) is 6.74. The summed E-state index contributed by atoms with van der Waals surface area (Å²) in [5, 5.41) is 0. The van der Waals surface area contributed by atoms with Crippen molar-refractivity contribution in [2.45, 2.75) is 32.8 Å². The van der Waals surface area contributed by atoms with Crippen LogP contribution in [-0.2, 0) is 16.8 Å². The molecule has 2 rings (SSSR count). The molecule has 0 amide bonds. The van der Waals surface area contributed by atoms with E-state index in [-0.39, 0.29) is 11.2 Å². The van der Waals surface area contributed by atoms with Crippen LogP contribution in [0.2, 0.25) is 0 Å². The second kappa shape index (κ2) is 6.71. The molecule has 0 aliphatic rings. The Labute approximate surface area is 137 Å². The van der Waals surface area contributed by atoms with Gasteiger partial charge in [0.05, 0.1) is 16.8 Å². The van der Waals surface area contributed by atoms with Crippen LogP contribution in [0.3, 0.4) is 0 Å². The minimum absolute atomic E-state index is 0.217. The van der Waals surface area contributed by atoms with E-state index in [1.165, 1.54) is 6.07 Å². The summed E-state index contributed by atoms with van der Waals surface area (Å²) in [4.78, 5) is 8.92. The summed E-state index contributed by atoms with van der Waals surface area (Å²) in [7, 11) is 1.61. The van der Waals surface area contributed by atoms with Crippen molar-refractivity contribution in [3.05, 3.63) is 46.1 Å². The van der Waals surface area contributed by atoms with Gasteiger partial charge in [0.25, 0.3) is 0 Å². The van der Waals surface area contributed by atoms with E-state index in [0.29, 0.717) is 28.5 Å². The molecule has 0 aliphatic carbocycles. The number of aromatic nitrogens is 2. The zero-order valence-corrected chi connectivity index (χ0v) is 14.6. The molecule has 1 aromatic heterocycles. The highest BCUT2D eigenvalue weighted by Gasteiger charge is 2.20. The van der Waals surface area contributed by atoms with Crippen molar-refractivity contribution in [1.82, 2.24) is 9.97 Å². The van der Waals surface area contributed by atoms with Crippen molar-refractivity contribution in [3.63, 3.8) is 0 Å². The molecule has 0 radical (unpaired) electrons. The number of ether oxygens (including phenoxy) is 2. The van der Waals surface area contributed by atoms with E-state index < -0.39 is 0 Å². The van der Waals surface area contributed by atoms with E-state index in [4.69, 9.17) is 9.47 Å². The Morgan fingerprint density at radius 2 is 1.91 bits per heavy atom. The minimum atomic E-state index is -0.342. The fourth-order valence-electron chi connectivity index (χ4n) is 1.74. The van der Waals surface area contributed by atoms with E-state index in [2.05, 4.69) is 25.9 Å². The first kappa shape index (κ1) is 16.8. The maximum Gasteiger partial charge on any atom is 0.222 e. The van der Waals surface area contributed by atoms with Crippen LogP contribution >= 0.6 is 15.9 Å². The highest BCUT2D eigenvalue weighted by Crippen LogP contribution is 2.27. The van der Waals surface area contributed by atoms with E-state index in [9.17, 15) is 4.39 Å². The van der Waals surface area contributed by atoms with Gasteiger partial charge in [-0.1, -0.05) is 20.8 Å². The number of hydrogen-bond acceptors (Lipinski definition) is 4. The molecule has 6 heteroatoms. The first-order valence-corrected chi connectivity index (χ1v) is 7.59. The van der Waals surface area contributed by atoms with Crippen LogP contribution in [0.4, 0.5) is 4.39 Å². The quantitative estimate of drug-likeness (QED) is 0.789. The molecule has 0 saturated heterocycles. The van der Waals surface area contributed by atoms with Crippen molar-refractivity contribution in [2.24, 2.45) is 0 Å². The maximum absolute atomic E-state index is 13.3. The molecule has 1 aromatic carbocycles. The third-order valence-electron chi connectivity index (χ3n) is 2.83. The molecule has 0 N–H and O–H groups in total. The van der Waals surface area contributed by atoms with Gasteiger partial charge in [0.15, 0.2) is 0 Å². The summed E-state index contributed by atoms with van der Waals surface area (Å²) >= 11 is 3.14. The van der Waals surface area contributed by atoms with Crippen molar-refractivity contribution in [2.75, 3.05) is 7.11 Å². The van der Waals surface area contributed by atoms with Crippen LogP contribution < -0.4 is 4.74 Å². The van der Waals surface area contributed by atoms with Gasteiger partial charge in [-0.15, -0.1) is 0 Å². The Balaban J connectivity index is 2.36. The normalized spacial score (nSPS) is 11.5. The molecule has 0 fully saturated rings. The average molecular weight is 369 g/mol. The molecular weight excluding hydrogens is 351 g/mol. The van der Waals surface area contributed by atoms with Crippen molar-refractivity contribution in [1.29, 1.82) is 0 Å². The smallest absolute Gasteiger partial charge is 0.222 e. The first-order chi connectivity index (χ1) is 10.3. The number of methoxy groups -OCH3 is 1. The fraction of sp³-hybridized carbons (Fsp3) is 0.375. The molecule has 0 saturated carbocycles. The Hall–Kier alpha value is -1.53. The summed E-state index contributed by atoms with van der Waals surface area (Å²) in [5.41, 5.74) is 0.518. The number of nitrogens with zero attached hydrogens (tertiary/aromatic N) is 2. The average Bonchev–Trinajstić information content (AvgIpc) is 2.42. The van der Waals surface area contributed by atoms with Gasteiger partial charge in [-0.05, 0) is 34.1 Å². The van der Waals surface area contributed by atoms with Gasteiger partial charge in [0.1, 0.15) is 17.4 Å². The summed E-state index contributed by atoms with van der Waals surface area (Å²) in [5.74, 6) is 1.23. The van der Waals surface area contributed by atoms with E-state index in [1.54, 1.807) is 25.3 Å². The Bertz CT molecular complexity index is 672. The Morgan fingerprint density at radius 1 is 1.18 bits per heavy atom. The van der Waals surface area contributed by atoms with Crippen molar-refractivity contribution < 1.29 is 13.9 Å². The standard InChI is InChI=1S/C16H18BrFN2O2/c1-16(2,3)15-19-10(9-21-4)7-14(20-15)22-11-5-6-13(18)12(17)8-11/h5-8H,9H2,1-4H3. The number of hydrogen-bond donors (Lipinski definition) is 0. The van der Waals surface area contributed by atoms with Gasteiger partial charge >= 0.3 is 0 Å². The van der Waals surface area contributed by atoms with Gasteiger partial charge in [-0.25, -0.2) is 9.37 Å². The van der Waals surface area contributed by atoms with Gasteiger partial charge in [0.2, 0.25) is 5.88 Å². The zero-order chi connectivity index (χ0) is 16.3. The third kappa shape index (κ3) is 4.24. The summed E-state index contributed by atoms with van der Waals surface area (Å²) in [6.07, 6.45) is 0. The molecule has 22 heavy (non-hydrogen) atoms. The lowest BCUT2D eigenvalue weighted by atomic mass is 9.95. The van der Waals surface area contributed by atoms with Gasteiger partial charge in [-0.2, -0.15) is 4.98 Å². The molecule has 118 valence electrons. The second-order valence-electron chi connectivity index (χ2n) is 5.88. The molecule has 0 atom stereocenters. The van der Waals surface area contributed by atoms with E-state index >= 15 is 0 Å².